The van der Waals surface area contributed by atoms with Gasteiger partial charge in [0.05, 0.1) is 0 Å². The molecule has 0 amide bonds. The maximum Gasteiger partial charge on any atom is 0.352 e. The maximum atomic E-state index is 12.0. The van der Waals surface area contributed by atoms with Crippen LogP contribution in [0.1, 0.15) is 38.1 Å². The molecular weight excluding hydrogens is 272 g/mol. The topological polar surface area (TPSA) is 61.8 Å². The molecule has 0 saturated carbocycles. The molecule has 19 heavy (non-hydrogen) atoms. The highest BCUT2D eigenvalue weighted by molar-refractivity contribution is 6.31. The Hall–Kier alpha value is -1.75. The summed E-state index contributed by atoms with van der Waals surface area (Å²) in [5, 5.41) is 0.344. The van der Waals surface area contributed by atoms with Gasteiger partial charge in [0.2, 0.25) is 0 Å². The van der Waals surface area contributed by atoms with E-state index < -0.39 is 17.5 Å². The first-order valence-electron chi connectivity index (χ1n) is 5.57. The van der Waals surface area contributed by atoms with Crippen molar-refractivity contribution in [1.29, 1.82) is 0 Å². The predicted molar refractivity (Wildman–Crippen MR) is 69.0 cm³/mol. The van der Waals surface area contributed by atoms with Crippen molar-refractivity contribution in [3.8, 4) is 5.75 Å². The lowest BCUT2D eigenvalue weighted by atomic mass is 10.1. The molecule has 0 aliphatic rings. The van der Waals surface area contributed by atoms with Crippen LogP contribution in [0.15, 0.2) is 18.2 Å². The molecule has 5 nitrogen and oxygen atoms in total. The largest absolute Gasteiger partial charge is 0.456 e. The van der Waals surface area contributed by atoms with Crippen LogP contribution < -0.4 is 4.89 Å². The van der Waals surface area contributed by atoms with Crippen LogP contribution in [0.4, 0.5) is 0 Å². The molecular formula is C13H15ClO5. The van der Waals surface area contributed by atoms with Crippen molar-refractivity contribution in [3.05, 3.63) is 28.8 Å². The molecule has 104 valence electrons. The molecule has 0 radical (unpaired) electrons. The summed E-state index contributed by atoms with van der Waals surface area (Å²) >= 11 is 5.82. The molecule has 0 spiro atoms. The van der Waals surface area contributed by atoms with Gasteiger partial charge in [-0.05, 0) is 39.0 Å². The van der Waals surface area contributed by atoms with Gasteiger partial charge in [-0.1, -0.05) is 11.6 Å². The second-order valence-electron chi connectivity index (χ2n) is 4.80. The first-order valence-corrected chi connectivity index (χ1v) is 5.95. The van der Waals surface area contributed by atoms with Gasteiger partial charge < -0.3 is 4.74 Å². The molecule has 1 aromatic carbocycles. The van der Waals surface area contributed by atoms with E-state index in [-0.39, 0.29) is 11.3 Å². The molecule has 0 aromatic heterocycles. The van der Waals surface area contributed by atoms with Crippen molar-refractivity contribution in [2.24, 2.45) is 0 Å². The number of rotatable bonds is 3. The Kier molecular flexibility index (Phi) is 4.78. The molecule has 0 aliphatic heterocycles. The number of esters is 1. The van der Waals surface area contributed by atoms with Crippen molar-refractivity contribution >= 4 is 23.5 Å². The quantitative estimate of drug-likeness (QED) is 0.485. The van der Waals surface area contributed by atoms with Crippen LogP contribution in [0.25, 0.3) is 0 Å². The average Bonchev–Trinajstić information content (AvgIpc) is 2.24. The van der Waals surface area contributed by atoms with Crippen molar-refractivity contribution in [1.82, 2.24) is 0 Å². The Morgan fingerprint density at radius 3 is 2.37 bits per heavy atom. The zero-order valence-electron chi connectivity index (χ0n) is 11.2. The number of benzene rings is 1. The standard InChI is InChI=1S/C13H15ClO5/c1-8(15)18-19-11-6-5-9(14)7-10(11)12(16)17-13(2,3)4/h5-7H,1-4H3. The Balaban J connectivity index is 2.99. The normalized spacial score (nSPS) is 10.8. The number of halogens is 1. The minimum Gasteiger partial charge on any atom is -0.456 e. The SMILES string of the molecule is CC(=O)OOc1ccc(Cl)cc1C(=O)OC(C)(C)C. The highest BCUT2D eigenvalue weighted by Gasteiger charge is 2.22. The summed E-state index contributed by atoms with van der Waals surface area (Å²) in [5.41, 5.74) is -0.568. The van der Waals surface area contributed by atoms with Crippen molar-refractivity contribution in [2.75, 3.05) is 0 Å². The number of carbonyl (C=O) groups excluding carboxylic acids is 2. The summed E-state index contributed by atoms with van der Waals surface area (Å²) in [6, 6.07) is 4.31. The van der Waals surface area contributed by atoms with Crippen molar-refractivity contribution in [3.63, 3.8) is 0 Å². The average molecular weight is 287 g/mol. The van der Waals surface area contributed by atoms with Gasteiger partial charge in [-0.15, -0.1) is 0 Å². The van der Waals surface area contributed by atoms with Crippen LogP contribution in [0.3, 0.4) is 0 Å². The van der Waals surface area contributed by atoms with Crippen molar-refractivity contribution in [2.45, 2.75) is 33.3 Å². The van der Waals surface area contributed by atoms with Gasteiger partial charge in [-0.25, -0.2) is 9.59 Å². The summed E-state index contributed by atoms with van der Waals surface area (Å²) in [5.74, 6) is -1.18. The molecule has 0 heterocycles. The van der Waals surface area contributed by atoms with E-state index in [2.05, 4.69) is 4.89 Å². The molecule has 0 saturated heterocycles. The van der Waals surface area contributed by atoms with E-state index in [9.17, 15) is 9.59 Å². The lowest BCUT2D eigenvalue weighted by Crippen LogP contribution is -2.24. The summed E-state index contributed by atoms with van der Waals surface area (Å²) in [6.45, 7) is 6.40. The van der Waals surface area contributed by atoms with Gasteiger partial charge in [0.25, 0.3) is 0 Å². The third-order valence-corrected chi connectivity index (χ3v) is 2.04. The highest BCUT2D eigenvalue weighted by Crippen LogP contribution is 2.25. The minimum atomic E-state index is -0.655. The van der Waals surface area contributed by atoms with Crippen LogP contribution in [0, 0.1) is 0 Å². The van der Waals surface area contributed by atoms with Crippen LogP contribution >= 0.6 is 11.6 Å². The summed E-state index contributed by atoms with van der Waals surface area (Å²) in [6.07, 6.45) is 0. The first-order chi connectivity index (χ1) is 8.69. The maximum absolute atomic E-state index is 12.0. The van der Waals surface area contributed by atoms with Gasteiger partial charge in [-0.3, -0.25) is 9.78 Å². The Morgan fingerprint density at radius 2 is 1.84 bits per heavy atom. The molecule has 0 N–H and O–H groups in total. The van der Waals surface area contributed by atoms with E-state index in [4.69, 9.17) is 21.2 Å². The fourth-order valence-corrected chi connectivity index (χ4v) is 1.34. The molecule has 1 aromatic rings. The van der Waals surface area contributed by atoms with Crippen LogP contribution in [0.5, 0.6) is 5.75 Å². The lowest BCUT2D eigenvalue weighted by molar-refractivity contribution is -0.211. The van der Waals surface area contributed by atoms with Crippen LogP contribution in [0.2, 0.25) is 5.02 Å². The molecule has 0 unspecified atom stereocenters. The summed E-state index contributed by atoms with van der Waals surface area (Å²) in [4.78, 5) is 31.9. The fraction of sp³-hybridized carbons (Fsp3) is 0.385. The van der Waals surface area contributed by atoms with Gasteiger partial charge in [0.1, 0.15) is 11.2 Å². The molecule has 0 bridgehead atoms. The smallest absolute Gasteiger partial charge is 0.352 e. The lowest BCUT2D eigenvalue weighted by Gasteiger charge is -2.20. The zero-order chi connectivity index (χ0) is 14.6. The van der Waals surface area contributed by atoms with Gasteiger partial charge >= 0.3 is 11.9 Å². The van der Waals surface area contributed by atoms with E-state index in [0.717, 1.165) is 0 Å². The van der Waals surface area contributed by atoms with E-state index in [1.165, 1.54) is 25.1 Å². The zero-order valence-corrected chi connectivity index (χ0v) is 11.9. The fourth-order valence-electron chi connectivity index (χ4n) is 1.17. The number of carbonyl (C=O) groups is 2. The first kappa shape index (κ1) is 15.3. The van der Waals surface area contributed by atoms with E-state index in [0.29, 0.717) is 5.02 Å². The van der Waals surface area contributed by atoms with Crippen LogP contribution in [-0.2, 0) is 14.4 Å². The molecule has 0 fully saturated rings. The van der Waals surface area contributed by atoms with Gasteiger partial charge in [0.15, 0.2) is 5.75 Å². The number of hydrogen-bond acceptors (Lipinski definition) is 5. The highest BCUT2D eigenvalue weighted by atomic mass is 35.5. The Labute approximate surface area is 116 Å². The number of hydrogen-bond donors (Lipinski definition) is 0. The third kappa shape index (κ3) is 5.18. The van der Waals surface area contributed by atoms with Gasteiger partial charge in [0, 0.05) is 11.9 Å². The Morgan fingerprint density at radius 1 is 1.21 bits per heavy atom. The van der Waals surface area contributed by atoms with E-state index in [1.54, 1.807) is 20.8 Å². The third-order valence-electron chi connectivity index (χ3n) is 1.81. The molecule has 6 heteroatoms. The monoisotopic (exact) mass is 286 g/mol. The Bertz CT molecular complexity index is 490. The van der Waals surface area contributed by atoms with E-state index in [1.807, 2.05) is 0 Å². The molecule has 1 rings (SSSR count). The molecule has 0 aliphatic carbocycles. The van der Waals surface area contributed by atoms with Crippen molar-refractivity contribution < 1.29 is 24.1 Å². The predicted octanol–water partition coefficient (Wildman–Crippen LogP) is 3.15. The summed E-state index contributed by atoms with van der Waals surface area (Å²) in [7, 11) is 0. The second kappa shape index (κ2) is 5.93. The second-order valence-corrected chi connectivity index (χ2v) is 5.24. The summed E-state index contributed by atoms with van der Waals surface area (Å²) < 4.78 is 5.21. The molecule has 0 atom stereocenters. The minimum absolute atomic E-state index is 0.0638. The van der Waals surface area contributed by atoms with Crippen LogP contribution in [-0.4, -0.2) is 17.5 Å². The van der Waals surface area contributed by atoms with E-state index >= 15 is 0 Å². The van der Waals surface area contributed by atoms with Gasteiger partial charge in [-0.2, -0.15) is 0 Å². The number of ether oxygens (including phenoxy) is 1.